The van der Waals surface area contributed by atoms with Gasteiger partial charge in [0, 0.05) is 17.9 Å². The zero-order chi connectivity index (χ0) is 11.6. The molecule has 0 aliphatic heterocycles. The minimum absolute atomic E-state index is 0.0152. The summed E-state index contributed by atoms with van der Waals surface area (Å²) in [4.78, 5) is 8.46. The highest BCUT2D eigenvalue weighted by Crippen LogP contribution is 2.22. The van der Waals surface area contributed by atoms with Crippen LogP contribution in [0.2, 0.25) is 0 Å². The highest BCUT2D eigenvalue weighted by atomic mass is 16.3. The van der Waals surface area contributed by atoms with Gasteiger partial charge in [-0.2, -0.15) is 0 Å². The number of hydrogen-bond acceptors (Lipinski definition) is 4. The van der Waals surface area contributed by atoms with E-state index in [9.17, 15) is 5.11 Å². The predicted octanol–water partition coefficient (Wildman–Crippen LogP) is 1.37. The third-order valence-corrected chi connectivity index (χ3v) is 2.03. The van der Waals surface area contributed by atoms with E-state index in [4.69, 9.17) is 5.73 Å². The Balaban J connectivity index is 3.06. The molecule has 0 radical (unpaired) electrons. The normalized spacial score (nSPS) is 13.9. The van der Waals surface area contributed by atoms with Crippen molar-refractivity contribution in [2.45, 2.75) is 45.6 Å². The molecule has 84 valence electrons. The van der Waals surface area contributed by atoms with Gasteiger partial charge in [0.2, 0.25) is 0 Å². The van der Waals surface area contributed by atoms with E-state index < -0.39 is 0 Å². The summed E-state index contributed by atoms with van der Waals surface area (Å²) in [5.74, 6) is 0.858. The standard InChI is InChI=1S/C11H19N3O/c1-7(12)5-8-9(15)6-13-10(14-8)11(2,3)4/h6-7,15H,5,12H2,1-4H3. The number of hydrogen-bond donors (Lipinski definition) is 2. The molecular weight excluding hydrogens is 190 g/mol. The molecule has 0 aromatic carbocycles. The van der Waals surface area contributed by atoms with Crippen LogP contribution in [0.25, 0.3) is 0 Å². The van der Waals surface area contributed by atoms with Gasteiger partial charge < -0.3 is 10.8 Å². The maximum absolute atomic E-state index is 9.57. The molecule has 0 fully saturated rings. The highest BCUT2D eigenvalue weighted by Gasteiger charge is 2.19. The number of aromatic hydroxyl groups is 1. The molecule has 15 heavy (non-hydrogen) atoms. The van der Waals surface area contributed by atoms with Gasteiger partial charge in [-0.05, 0) is 6.92 Å². The molecule has 1 heterocycles. The lowest BCUT2D eigenvalue weighted by Gasteiger charge is -2.17. The van der Waals surface area contributed by atoms with Crippen molar-refractivity contribution in [3.05, 3.63) is 17.7 Å². The van der Waals surface area contributed by atoms with Crippen LogP contribution in [0.15, 0.2) is 6.20 Å². The molecule has 0 spiro atoms. The third-order valence-electron chi connectivity index (χ3n) is 2.03. The average Bonchev–Trinajstić information content (AvgIpc) is 2.06. The van der Waals surface area contributed by atoms with Gasteiger partial charge >= 0.3 is 0 Å². The van der Waals surface area contributed by atoms with E-state index in [1.165, 1.54) is 6.20 Å². The van der Waals surface area contributed by atoms with Crippen molar-refractivity contribution in [2.24, 2.45) is 5.73 Å². The summed E-state index contributed by atoms with van der Waals surface area (Å²) in [6.07, 6.45) is 2.02. The summed E-state index contributed by atoms with van der Waals surface area (Å²) in [6.45, 7) is 8.00. The van der Waals surface area contributed by atoms with Crippen LogP contribution in [-0.2, 0) is 11.8 Å². The molecule has 0 aliphatic rings. The first kappa shape index (κ1) is 11.9. The van der Waals surface area contributed by atoms with Gasteiger partial charge in [0.1, 0.15) is 5.82 Å². The van der Waals surface area contributed by atoms with Gasteiger partial charge in [0.05, 0.1) is 11.9 Å². The van der Waals surface area contributed by atoms with E-state index in [2.05, 4.69) is 9.97 Å². The van der Waals surface area contributed by atoms with Gasteiger partial charge in [-0.1, -0.05) is 20.8 Å². The largest absolute Gasteiger partial charge is 0.504 e. The first-order valence-corrected chi connectivity index (χ1v) is 5.11. The van der Waals surface area contributed by atoms with Crippen LogP contribution in [0.3, 0.4) is 0 Å². The summed E-state index contributed by atoms with van der Waals surface area (Å²) in [5, 5.41) is 9.57. The Bertz CT molecular complexity index is 342. The van der Waals surface area contributed by atoms with Crippen molar-refractivity contribution in [2.75, 3.05) is 0 Å². The molecule has 1 aromatic heterocycles. The van der Waals surface area contributed by atoms with Crippen LogP contribution in [-0.4, -0.2) is 21.1 Å². The van der Waals surface area contributed by atoms with Crippen LogP contribution in [0.1, 0.15) is 39.2 Å². The molecule has 0 amide bonds. The first-order valence-electron chi connectivity index (χ1n) is 5.11. The number of rotatable bonds is 2. The molecular formula is C11H19N3O. The Morgan fingerprint density at radius 3 is 2.53 bits per heavy atom. The fourth-order valence-electron chi connectivity index (χ4n) is 1.23. The van der Waals surface area contributed by atoms with Gasteiger partial charge in [-0.3, -0.25) is 0 Å². The van der Waals surface area contributed by atoms with Crippen LogP contribution >= 0.6 is 0 Å². The molecule has 0 aliphatic carbocycles. The molecule has 4 nitrogen and oxygen atoms in total. The van der Waals surface area contributed by atoms with Gasteiger partial charge in [0.25, 0.3) is 0 Å². The van der Waals surface area contributed by atoms with Crippen molar-refractivity contribution >= 4 is 0 Å². The molecule has 0 bridgehead atoms. The Kier molecular flexibility index (Phi) is 3.29. The second kappa shape index (κ2) is 4.14. The molecule has 0 saturated heterocycles. The summed E-state index contributed by atoms with van der Waals surface area (Å²) in [6, 6.07) is -0.0152. The van der Waals surface area contributed by atoms with E-state index in [0.717, 1.165) is 5.82 Å². The minimum Gasteiger partial charge on any atom is -0.504 e. The van der Waals surface area contributed by atoms with E-state index in [1.54, 1.807) is 0 Å². The van der Waals surface area contributed by atoms with Gasteiger partial charge in [-0.25, -0.2) is 9.97 Å². The number of aromatic nitrogens is 2. The average molecular weight is 209 g/mol. The van der Waals surface area contributed by atoms with Crippen LogP contribution < -0.4 is 5.73 Å². The second-order valence-electron chi connectivity index (χ2n) is 4.96. The summed E-state index contributed by atoms with van der Waals surface area (Å²) >= 11 is 0. The maximum atomic E-state index is 9.57. The fraction of sp³-hybridized carbons (Fsp3) is 0.636. The van der Waals surface area contributed by atoms with E-state index in [-0.39, 0.29) is 17.2 Å². The van der Waals surface area contributed by atoms with Gasteiger partial charge in [-0.15, -0.1) is 0 Å². The van der Waals surface area contributed by atoms with E-state index in [0.29, 0.717) is 12.1 Å². The SMILES string of the molecule is CC(N)Cc1nc(C(C)(C)C)ncc1O. The Morgan fingerprint density at radius 2 is 2.07 bits per heavy atom. The number of nitrogens with two attached hydrogens (primary N) is 1. The van der Waals surface area contributed by atoms with Crippen molar-refractivity contribution in [3.63, 3.8) is 0 Å². The summed E-state index contributed by atoms with van der Waals surface area (Å²) in [5.41, 5.74) is 6.20. The molecule has 3 N–H and O–H groups in total. The minimum atomic E-state index is -0.111. The van der Waals surface area contributed by atoms with Crippen LogP contribution in [0, 0.1) is 0 Å². The Hall–Kier alpha value is -1.16. The third kappa shape index (κ3) is 3.16. The molecule has 1 atom stereocenters. The Morgan fingerprint density at radius 1 is 1.47 bits per heavy atom. The summed E-state index contributed by atoms with van der Waals surface area (Å²) in [7, 11) is 0. The first-order chi connectivity index (χ1) is 6.80. The Labute approximate surface area is 90.6 Å². The lowest BCUT2D eigenvalue weighted by Crippen LogP contribution is -2.21. The van der Waals surface area contributed by atoms with Crippen molar-refractivity contribution < 1.29 is 5.11 Å². The van der Waals surface area contributed by atoms with Crippen molar-refractivity contribution in [3.8, 4) is 5.75 Å². The smallest absolute Gasteiger partial charge is 0.155 e. The zero-order valence-corrected chi connectivity index (χ0v) is 9.78. The van der Waals surface area contributed by atoms with Crippen molar-refractivity contribution in [1.82, 2.24) is 9.97 Å². The van der Waals surface area contributed by atoms with Crippen LogP contribution in [0.5, 0.6) is 5.75 Å². The maximum Gasteiger partial charge on any atom is 0.155 e. The summed E-state index contributed by atoms with van der Waals surface area (Å²) < 4.78 is 0. The zero-order valence-electron chi connectivity index (χ0n) is 9.78. The lowest BCUT2D eigenvalue weighted by atomic mass is 9.95. The van der Waals surface area contributed by atoms with Crippen LogP contribution in [0.4, 0.5) is 0 Å². The number of nitrogens with zero attached hydrogens (tertiary/aromatic N) is 2. The molecule has 1 rings (SSSR count). The van der Waals surface area contributed by atoms with E-state index >= 15 is 0 Å². The highest BCUT2D eigenvalue weighted by molar-refractivity contribution is 5.25. The monoisotopic (exact) mass is 209 g/mol. The second-order valence-corrected chi connectivity index (χ2v) is 4.96. The molecule has 0 saturated carbocycles. The molecule has 1 aromatic rings. The topological polar surface area (TPSA) is 72.0 Å². The molecule has 1 unspecified atom stereocenters. The van der Waals surface area contributed by atoms with E-state index in [1.807, 2.05) is 27.7 Å². The fourth-order valence-corrected chi connectivity index (χ4v) is 1.23. The van der Waals surface area contributed by atoms with Crippen molar-refractivity contribution in [1.29, 1.82) is 0 Å². The predicted molar refractivity (Wildman–Crippen MR) is 59.8 cm³/mol. The molecule has 4 heteroatoms. The lowest BCUT2D eigenvalue weighted by molar-refractivity contribution is 0.448. The quantitative estimate of drug-likeness (QED) is 0.771. The van der Waals surface area contributed by atoms with Gasteiger partial charge in [0.15, 0.2) is 5.75 Å².